The molecule has 1 N–H and O–H groups in total. The number of benzene rings is 2. The van der Waals surface area contributed by atoms with Gasteiger partial charge in [0, 0.05) is 28.7 Å². The van der Waals surface area contributed by atoms with E-state index in [1.54, 1.807) is 21.3 Å². The molecule has 0 amide bonds. The zero-order chi connectivity index (χ0) is 20.8. The molecule has 3 heterocycles. The number of halogens is 2. The van der Waals surface area contributed by atoms with Gasteiger partial charge in [0.05, 0.1) is 6.54 Å². The minimum Gasteiger partial charge on any atom is -0.310 e. The quantitative estimate of drug-likeness (QED) is 0.431. The number of nitrogens with zero attached hydrogens (tertiary/aromatic N) is 4. The normalized spacial score (nSPS) is 11.4. The van der Waals surface area contributed by atoms with Gasteiger partial charge in [-0.15, -0.1) is 4.52 Å². The Bertz CT molecular complexity index is 1490. The monoisotopic (exact) mass is 436 g/mol. The molecule has 0 fully saturated rings. The number of nitrogens with one attached hydrogen (secondary N) is 1. The number of aromatic amines is 1. The van der Waals surface area contributed by atoms with E-state index in [4.69, 9.17) is 23.2 Å². The predicted octanol–water partition coefficient (Wildman–Crippen LogP) is 4.19. The molecular formula is C22H16Cl2N5O+. The third-order valence-electron chi connectivity index (χ3n) is 4.96. The Balaban J connectivity index is 1.84. The number of aromatic nitrogens is 5. The molecule has 3 aromatic heterocycles. The molecule has 0 bridgehead atoms. The first-order valence-corrected chi connectivity index (χ1v) is 10.1. The van der Waals surface area contributed by atoms with E-state index in [1.807, 2.05) is 55.5 Å². The van der Waals surface area contributed by atoms with Crippen LogP contribution in [0.2, 0.25) is 10.0 Å². The molecule has 6 nitrogen and oxygen atoms in total. The Morgan fingerprint density at radius 2 is 1.90 bits per heavy atom. The Hall–Kier alpha value is -3.22. The van der Waals surface area contributed by atoms with Crippen LogP contribution in [0.1, 0.15) is 11.4 Å². The zero-order valence-electron chi connectivity index (χ0n) is 15.9. The van der Waals surface area contributed by atoms with Gasteiger partial charge in [-0.05, 0) is 29.8 Å². The SMILES string of the molecule is Cc1nc2nc3ccn(Cc4ccccc4Cl)c(=O)c3c(-c3cccc(Cl)c3)[n+]2[nH]1. The van der Waals surface area contributed by atoms with Crippen molar-refractivity contribution in [3.8, 4) is 11.3 Å². The van der Waals surface area contributed by atoms with Crippen molar-refractivity contribution in [1.29, 1.82) is 0 Å². The van der Waals surface area contributed by atoms with Crippen molar-refractivity contribution in [2.75, 3.05) is 0 Å². The highest BCUT2D eigenvalue weighted by molar-refractivity contribution is 6.31. The molecular weight excluding hydrogens is 421 g/mol. The first-order valence-electron chi connectivity index (χ1n) is 9.32. The van der Waals surface area contributed by atoms with Gasteiger partial charge in [-0.2, -0.15) is 0 Å². The number of hydrogen-bond acceptors (Lipinski definition) is 3. The second kappa shape index (κ2) is 7.23. The molecule has 0 aliphatic rings. The summed E-state index contributed by atoms with van der Waals surface area (Å²) in [7, 11) is 0. The lowest BCUT2D eigenvalue weighted by Gasteiger charge is -2.10. The fourth-order valence-corrected chi connectivity index (χ4v) is 4.00. The van der Waals surface area contributed by atoms with Gasteiger partial charge < -0.3 is 4.57 Å². The minimum atomic E-state index is -0.170. The van der Waals surface area contributed by atoms with Crippen LogP contribution in [0.4, 0.5) is 0 Å². The number of pyridine rings is 1. The molecule has 0 saturated carbocycles. The Morgan fingerprint density at radius 3 is 2.70 bits per heavy atom. The van der Waals surface area contributed by atoms with Crippen LogP contribution in [-0.4, -0.2) is 19.6 Å². The molecule has 5 aromatic rings. The third-order valence-corrected chi connectivity index (χ3v) is 5.57. The first kappa shape index (κ1) is 18.8. The molecule has 2 aromatic carbocycles. The van der Waals surface area contributed by atoms with E-state index in [-0.39, 0.29) is 5.56 Å². The summed E-state index contributed by atoms with van der Waals surface area (Å²) >= 11 is 12.6. The highest BCUT2D eigenvalue weighted by Gasteiger charge is 2.24. The lowest BCUT2D eigenvalue weighted by atomic mass is 10.1. The van der Waals surface area contributed by atoms with Crippen LogP contribution < -0.4 is 10.1 Å². The van der Waals surface area contributed by atoms with Gasteiger partial charge in [0.25, 0.3) is 5.56 Å². The lowest BCUT2D eigenvalue weighted by molar-refractivity contribution is -0.567. The van der Waals surface area contributed by atoms with Crippen molar-refractivity contribution in [1.82, 2.24) is 19.6 Å². The first-order chi connectivity index (χ1) is 14.5. The molecule has 0 unspecified atom stereocenters. The van der Waals surface area contributed by atoms with E-state index in [9.17, 15) is 4.79 Å². The third kappa shape index (κ3) is 3.14. The molecule has 0 aliphatic carbocycles. The molecule has 30 heavy (non-hydrogen) atoms. The van der Waals surface area contributed by atoms with Crippen LogP contribution in [0, 0.1) is 6.92 Å². The minimum absolute atomic E-state index is 0.170. The van der Waals surface area contributed by atoms with Crippen molar-refractivity contribution in [2.45, 2.75) is 13.5 Å². The zero-order valence-corrected chi connectivity index (χ0v) is 17.4. The van der Waals surface area contributed by atoms with E-state index in [1.165, 1.54) is 0 Å². The topological polar surface area (TPSA) is 67.7 Å². The van der Waals surface area contributed by atoms with Gasteiger partial charge in [-0.3, -0.25) is 4.79 Å². The summed E-state index contributed by atoms with van der Waals surface area (Å²) < 4.78 is 3.36. The smallest absolute Gasteiger partial charge is 0.310 e. The maximum Gasteiger partial charge on any atom is 0.458 e. The molecule has 148 valence electrons. The standard InChI is InChI=1S/C22H15Cl2N5O/c1-13-25-22-26-18-9-10-28(12-15-5-2-3-8-17(15)24)21(30)19(18)20(29(22)27-13)14-6-4-7-16(23)11-14/h2-11H,12H2,1H3/p+1. The Kier molecular flexibility index (Phi) is 4.53. The van der Waals surface area contributed by atoms with Crippen LogP contribution in [-0.2, 0) is 6.54 Å². The van der Waals surface area contributed by atoms with Crippen molar-refractivity contribution >= 4 is 39.9 Å². The maximum atomic E-state index is 13.6. The summed E-state index contributed by atoms with van der Waals surface area (Å²) in [5.41, 5.74) is 2.72. The van der Waals surface area contributed by atoms with E-state index >= 15 is 0 Å². The summed E-state index contributed by atoms with van der Waals surface area (Å²) in [5.74, 6) is 1.18. The van der Waals surface area contributed by atoms with Gasteiger partial charge in [0.15, 0.2) is 11.2 Å². The van der Waals surface area contributed by atoms with Crippen molar-refractivity contribution in [2.24, 2.45) is 0 Å². The summed E-state index contributed by atoms with van der Waals surface area (Å²) in [6, 6.07) is 16.7. The highest BCUT2D eigenvalue weighted by atomic mass is 35.5. The predicted molar refractivity (Wildman–Crippen MR) is 117 cm³/mol. The fraction of sp³-hybridized carbons (Fsp3) is 0.0909. The Morgan fingerprint density at radius 1 is 1.07 bits per heavy atom. The van der Waals surface area contributed by atoms with Crippen LogP contribution in [0.5, 0.6) is 0 Å². The van der Waals surface area contributed by atoms with E-state index in [2.05, 4.69) is 15.1 Å². The van der Waals surface area contributed by atoms with Crippen LogP contribution in [0.15, 0.2) is 65.6 Å². The number of rotatable bonds is 3. The van der Waals surface area contributed by atoms with Gasteiger partial charge in [-0.25, -0.2) is 5.10 Å². The average molecular weight is 437 g/mol. The highest BCUT2D eigenvalue weighted by Crippen LogP contribution is 2.25. The van der Waals surface area contributed by atoms with Crippen molar-refractivity contribution in [3.05, 3.63) is 92.6 Å². The number of hydrogen-bond donors (Lipinski definition) is 1. The molecule has 0 radical (unpaired) electrons. The second-order valence-electron chi connectivity index (χ2n) is 7.02. The van der Waals surface area contributed by atoms with E-state index < -0.39 is 0 Å². The summed E-state index contributed by atoms with van der Waals surface area (Å²) in [5, 5.41) is 4.85. The van der Waals surface area contributed by atoms with Gasteiger partial charge in [0.1, 0.15) is 5.39 Å². The van der Waals surface area contributed by atoms with E-state index in [0.29, 0.717) is 44.8 Å². The molecule has 0 atom stereocenters. The summed E-state index contributed by atoms with van der Waals surface area (Å²) in [6.45, 7) is 2.20. The summed E-state index contributed by atoms with van der Waals surface area (Å²) in [4.78, 5) is 22.6. The molecule has 8 heteroatoms. The van der Waals surface area contributed by atoms with Crippen LogP contribution in [0.3, 0.4) is 0 Å². The van der Waals surface area contributed by atoms with Gasteiger partial charge in [0.2, 0.25) is 5.82 Å². The Labute approximate surface area is 181 Å². The molecule has 0 saturated heterocycles. The van der Waals surface area contributed by atoms with Crippen molar-refractivity contribution < 1.29 is 4.52 Å². The number of fused-ring (bicyclic) bond motifs is 2. The molecule has 0 spiro atoms. The van der Waals surface area contributed by atoms with Gasteiger partial charge in [-0.1, -0.05) is 63.5 Å². The number of aryl methyl sites for hydroxylation is 1. The van der Waals surface area contributed by atoms with Gasteiger partial charge >= 0.3 is 5.78 Å². The van der Waals surface area contributed by atoms with Crippen molar-refractivity contribution in [3.63, 3.8) is 0 Å². The maximum absolute atomic E-state index is 13.6. The van der Waals surface area contributed by atoms with E-state index in [0.717, 1.165) is 11.1 Å². The largest absolute Gasteiger partial charge is 0.458 e. The summed E-state index contributed by atoms with van der Waals surface area (Å²) in [6.07, 6.45) is 1.73. The fourth-order valence-electron chi connectivity index (χ4n) is 3.61. The lowest BCUT2D eigenvalue weighted by Crippen LogP contribution is -2.32. The molecule has 5 rings (SSSR count). The average Bonchev–Trinajstić information content (AvgIpc) is 3.09. The van der Waals surface area contributed by atoms with Crippen LogP contribution in [0.25, 0.3) is 27.9 Å². The number of H-pyrrole nitrogens is 1. The molecule has 0 aliphatic heterocycles. The van der Waals surface area contributed by atoms with Crippen LogP contribution >= 0.6 is 23.2 Å². The second-order valence-corrected chi connectivity index (χ2v) is 7.86.